The first kappa shape index (κ1) is 15.2. The fourth-order valence-corrected chi connectivity index (χ4v) is 1.78. The van der Waals surface area contributed by atoms with E-state index in [0.717, 1.165) is 37.5 Å². The Morgan fingerprint density at radius 1 is 1.17 bits per heavy atom. The van der Waals surface area contributed by atoms with E-state index in [2.05, 4.69) is 9.88 Å². The number of methoxy groups -OCH3 is 2. The zero-order chi connectivity index (χ0) is 13.2. The molecule has 102 valence electrons. The van der Waals surface area contributed by atoms with E-state index in [9.17, 15) is 0 Å². The standard InChI is InChI=1S/C13H21ClN2O2/c1-17-8-3-6-16(7-9-18-2)13-5-4-12(10-14)11-15-13/h4-5,11H,3,6-10H2,1-2H3. The molecule has 0 aliphatic rings. The van der Waals surface area contributed by atoms with Gasteiger partial charge in [-0.05, 0) is 18.1 Å². The number of nitrogens with zero attached hydrogens (tertiary/aromatic N) is 2. The van der Waals surface area contributed by atoms with Crippen LogP contribution in [-0.4, -0.2) is 45.5 Å². The van der Waals surface area contributed by atoms with Crippen molar-refractivity contribution in [3.63, 3.8) is 0 Å². The number of hydrogen-bond acceptors (Lipinski definition) is 4. The molecule has 1 aromatic heterocycles. The highest BCUT2D eigenvalue weighted by molar-refractivity contribution is 6.17. The maximum Gasteiger partial charge on any atom is 0.128 e. The molecule has 1 rings (SSSR count). The zero-order valence-corrected chi connectivity index (χ0v) is 11.8. The number of ether oxygens (including phenoxy) is 2. The maximum absolute atomic E-state index is 5.75. The Balaban J connectivity index is 2.60. The summed E-state index contributed by atoms with van der Waals surface area (Å²) in [4.78, 5) is 6.62. The predicted octanol–water partition coefficient (Wildman–Crippen LogP) is 2.31. The minimum absolute atomic E-state index is 0.495. The van der Waals surface area contributed by atoms with Gasteiger partial charge in [0.15, 0.2) is 0 Å². The molecule has 0 amide bonds. The molecular weight excluding hydrogens is 252 g/mol. The summed E-state index contributed by atoms with van der Waals surface area (Å²) in [7, 11) is 3.42. The molecule has 0 atom stereocenters. The van der Waals surface area contributed by atoms with Gasteiger partial charge in [-0.15, -0.1) is 11.6 Å². The molecule has 1 aromatic rings. The van der Waals surface area contributed by atoms with Crippen molar-refractivity contribution in [2.45, 2.75) is 12.3 Å². The Hall–Kier alpha value is -0.840. The summed E-state index contributed by atoms with van der Waals surface area (Å²) in [6, 6.07) is 4.01. The van der Waals surface area contributed by atoms with Crippen molar-refractivity contribution in [1.29, 1.82) is 0 Å². The molecule has 0 aromatic carbocycles. The first-order valence-corrected chi connectivity index (χ1v) is 6.59. The quantitative estimate of drug-likeness (QED) is 0.510. The van der Waals surface area contributed by atoms with Crippen molar-refractivity contribution in [2.24, 2.45) is 0 Å². The van der Waals surface area contributed by atoms with Crippen LogP contribution in [0.2, 0.25) is 0 Å². The average molecular weight is 273 g/mol. The highest BCUT2D eigenvalue weighted by atomic mass is 35.5. The molecule has 0 N–H and O–H groups in total. The molecule has 4 nitrogen and oxygen atoms in total. The second-order valence-electron chi connectivity index (χ2n) is 3.98. The van der Waals surface area contributed by atoms with Crippen molar-refractivity contribution in [2.75, 3.05) is 45.4 Å². The fraction of sp³-hybridized carbons (Fsp3) is 0.615. The smallest absolute Gasteiger partial charge is 0.128 e. The maximum atomic E-state index is 5.75. The highest BCUT2D eigenvalue weighted by Gasteiger charge is 2.07. The number of halogens is 1. The van der Waals surface area contributed by atoms with E-state index in [1.165, 1.54) is 0 Å². The second kappa shape index (κ2) is 9.14. The van der Waals surface area contributed by atoms with Gasteiger partial charge in [0.25, 0.3) is 0 Å². The van der Waals surface area contributed by atoms with Crippen LogP contribution in [0.25, 0.3) is 0 Å². The summed E-state index contributed by atoms with van der Waals surface area (Å²) in [6.45, 7) is 3.17. The number of pyridine rings is 1. The minimum atomic E-state index is 0.495. The van der Waals surface area contributed by atoms with Gasteiger partial charge in [-0.3, -0.25) is 0 Å². The van der Waals surface area contributed by atoms with Crippen molar-refractivity contribution < 1.29 is 9.47 Å². The van der Waals surface area contributed by atoms with Gasteiger partial charge in [0.2, 0.25) is 0 Å². The SMILES string of the molecule is COCCCN(CCOC)c1ccc(CCl)cn1. The summed E-state index contributed by atoms with van der Waals surface area (Å²) in [6.07, 6.45) is 2.79. The van der Waals surface area contributed by atoms with E-state index in [1.807, 2.05) is 18.3 Å². The second-order valence-corrected chi connectivity index (χ2v) is 4.25. The molecule has 0 unspecified atom stereocenters. The van der Waals surface area contributed by atoms with Gasteiger partial charge in [-0.2, -0.15) is 0 Å². The van der Waals surface area contributed by atoms with Crippen LogP contribution in [0.4, 0.5) is 5.82 Å². The van der Waals surface area contributed by atoms with E-state index in [0.29, 0.717) is 12.5 Å². The van der Waals surface area contributed by atoms with Crippen LogP contribution in [0.5, 0.6) is 0 Å². The normalized spacial score (nSPS) is 10.6. The van der Waals surface area contributed by atoms with E-state index in [4.69, 9.17) is 21.1 Å². The number of anilines is 1. The average Bonchev–Trinajstić information content (AvgIpc) is 2.43. The lowest BCUT2D eigenvalue weighted by Crippen LogP contribution is -2.29. The number of hydrogen-bond donors (Lipinski definition) is 0. The Labute approximate surface area is 114 Å². The Kier molecular flexibility index (Phi) is 7.73. The first-order valence-electron chi connectivity index (χ1n) is 6.05. The molecule has 0 bridgehead atoms. The summed E-state index contributed by atoms with van der Waals surface area (Å²) in [5.74, 6) is 1.45. The minimum Gasteiger partial charge on any atom is -0.385 e. The third kappa shape index (κ3) is 5.21. The third-order valence-electron chi connectivity index (χ3n) is 2.63. The Bertz CT molecular complexity index is 319. The Morgan fingerprint density at radius 3 is 2.50 bits per heavy atom. The van der Waals surface area contributed by atoms with Crippen LogP contribution in [0, 0.1) is 0 Å². The van der Waals surface area contributed by atoms with Crippen molar-refractivity contribution >= 4 is 17.4 Å². The molecule has 0 saturated heterocycles. The molecule has 0 saturated carbocycles. The van der Waals surface area contributed by atoms with E-state index in [1.54, 1.807) is 14.2 Å². The van der Waals surface area contributed by atoms with Gasteiger partial charge < -0.3 is 14.4 Å². The van der Waals surface area contributed by atoms with Crippen LogP contribution >= 0.6 is 11.6 Å². The fourth-order valence-electron chi connectivity index (χ4n) is 1.62. The molecular formula is C13H21ClN2O2. The summed E-state index contributed by atoms with van der Waals surface area (Å²) in [5, 5.41) is 0. The molecule has 0 aliphatic heterocycles. The largest absolute Gasteiger partial charge is 0.385 e. The van der Waals surface area contributed by atoms with Crippen LogP contribution in [-0.2, 0) is 15.4 Å². The predicted molar refractivity (Wildman–Crippen MR) is 74.4 cm³/mol. The summed E-state index contributed by atoms with van der Waals surface area (Å²) >= 11 is 5.75. The molecule has 18 heavy (non-hydrogen) atoms. The zero-order valence-electron chi connectivity index (χ0n) is 11.1. The lowest BCUT2D eigenvalue weighted by Gasteiger charge is -2.23. The van der Waals surface area contributed by atoms with Gasteiger partial charge in [0, 0.05) is 46.0 Å². The number of rotatable bonds is 9. The Morgan fingerprint density at radius 2 is 1.94 bits per heavy atom. The molecule has 0 radical (unpaired) electrons. The monoisotopic (exact) mass is 272 g/mol. The topological polar surface area (TPSA) is 34.6 Å². The van der Waals surface area contributed by atoms with Gasteiger partial charge in [-0.25, -0.2) is 4.98 Å². The lowest BCUT2D eigenvalue weighted by molar-refractivity contribution is 0.191. The van der Waals surface area contributed by atoms with Gasteiger partial charge in [0.05, 0.1) is 6.61 Å². The third-order valence-corrected chi connectivity index (χ3v) is 2.94. The van der Waals surface area contributed by atoms with Gasteiger partial charge in [0.1, 0.15) is 5.82 Å². The molecule has 0 aliphatic carbocycles. The lowest BCUT2D eigenvalue weighted by atomic mass is 10.3. The van der Waals surface area contributed by atoms with Crippen LogP contribution < -0.4 is 4.90 Å². The van der Waals surface area contributed by atoms with E-state index >= 15 is 0 Å². The first-order chi connectivity index (χ1) is 8.81. The van der Waals surface area contributed by atoms with Crippen LogP contribution in [0.15, 0.2) is 18.3 Å². The van der Waals surface area contributed by atoms with Crippen LogP contribution in [0.1, 0.15) is 12.0 Å². The van der Waals surface area contributed by atoms with Crippen molar-refractivity contribution in [3.8, 4) is 0 Å². The molecule has 0 fully saturated rings. The molecule has 5 heteroatoms. The van der Waals surface area contributed by atoms with Gasteiger partial charge >= 0.3 is 0 Å². The van der Waals surface area contributed by atoms with Crippen molar-refractivity contribution in [3.05, 3.63) is 23.9 Å². The highest BCUT2D eigenvalue weighted by Crippen LogP contribution is 2.12. The summed E-state index contributed by atoms with van der Waals surface area (Å²) < 4.78 is 10.2. The van der Waals surface area contributed by atoms with E-state index < -0.39 is 0 Å². The van der Waals surface area contributed by atoms with Crippen LogP contribution in [0.3, 0.4) is 0 Å². The number of alkyl halides is 1. The molecule has 1 heterocycles. The number of aromatic nitrogens is 1. The summed E-state index contributed by atoms with van der Waals surface area (Å²) in [5.41, 5.74) is 1.03. The van der Waals surface area contributed by atoms with Crippen molar-refractivity contribution in [1.82, 2.24) is 4.98 Å². The van der Waals surface area contributed by atoms with Gasteiger partial charge in [-0.1, -0.05) is 6.07 Å². The molecule has 0 spiro atoms. The van der Waals surface area contributed by atoms with E-state index in [-0.39, 0.29) is 0 Å².